The third kappa shape index (κ3) is 5.02. The van der Waals surface area contributed by atoms with Gasteiger partial charge >= 0.3 is 0 Å². The number of likely N-dealkylation sites (tertiary alicyclic amines) is 1. The summed E-state index contributed by atoms with van der Waals surface area (Å²) in [5, 5.41) is 2.96. The second-order valence-corrected chi connectivity index (χ2v) is 6.13. The lowest BCUT2D eigenvalue weighted by atomic mass is 10.0. The van der Waals surface area contributed by atoms with Crippen LogP contribution in [0, 0.1) is 0 Å². The van der Waals surface area contributed by atoms with E-state index in [-0.39, 0.29) is 17.9 Å². The van der Waals surface area contributed by atoms with Gasteiger partial charge in [-0.05, 0) is 25.0 Å². The van der Waals surface area contributed by atoms with Crippen LogP contribution in [0.5, 0.6) is 5.75 Å². The van der Waals surface area contributed by atoms with E-state index in [1.54, 1.807) is 0 Å². The molecule has 136 valence electrons. The highest BCUT2D eigenvalue weighted by molar-refractivity contribution is 5.92. The van der Waals surface area contributed by atoms with Gasteiger partial charge < -0.3 is 15.0 Å². The lowest BCUT2D eigenvalue weighted by molar-refractivity contribution is -0.132. The lowest BCUT2D eigenvalue weighted by Crippen LogP contribution is -2.46. The molecule has 0 bridgehead atoms. The van der Waals surface area contributed by atoms with E-state index in [4.69, 9.17) is 4.74 Å². The third-order valence-corrected chi connectivity index (χ3v) is 4.31. The standard InChI is InChI=1S/C19H22N4O3/c24-18(8-13-26-16-4-2-1-3-5-16)23-11-6-15(7-12-23)22-19(25)17-14-20-9-10-21-17/h1-5,9-10,14-15H,6-8,11-13H2,(H,22,25). The molecule has 2 heterocycles. The fourth-order valence-electron chi connectivity index (χ4n) is 2.88. The number of benzene rings is 1. The molecule has 0 radical (unpaired) electrons. The molecule has 26 heavy (non-hydrogen) atoms. The van der Waals surface area contributed by atoms with Gasteiger partial charge in [0.2, 0.25) is 5.91 Å². The Balaban J connectivity index is 1.37. The first-order valence-corrected chi connectivity index (χ1v) is 8.75. The largest absolute Gasteiger partial charge is 0.493 e. The summed E-state index contributed by atoms with van der Waals surface area (Å²) in [5.74, 6) is 0.629. The molecule has 1 aromatic carbocycles. The van der Waals surface area contributed by atoms with Gasteiger partial charge in [-0.25, -0.2) is 4.98 Å². The monoisotopic (exact) mass is 354 g/mol. The summed E-state index contributed by atoms with van der Waals surface area (Å²) >= 11 is 0. The van der Waals surface area contributed by atoms with E-state index < -0.39 is 0 Å². The van der Waals surface area contributed by atoms with Crippen LogP contribution in [-0.2, 0) is 4.79 Å². The number of aromatic nitrogens is 2. The maximum Gasteiger partial charge on any atom is 0.271 e. The molecule has 0 saturated carbocycles. The molecule has 7 nitrogen and oxygen atoms in total. The number of carbonyl (C=O) groups excluding carboxylic acids is 2. The van der Waals surface area contributed by atoms with Crippen molar-refractivity contribution in [3.8, 4) is 5.75 Å². The number of hydrogen-bond donors (Lipinski definition) is 1. The van der Waals surface area contributed by atoms with Crippen LogP contribution in [0.3, 0.4) is 0 Å². The molecule has 0 aliphatic carbocycles. The average Bonchev–Trinajstić information content (AvgIpc) is 2.70. The summed E-state index contributed by atoms with van der Waals surface area (Å²) < 4.78 is 5.57. The van der Waals surface area contributed by atoms with E-state index in [9.17, 15) is 9.59 Å². The Labute approximate surface area is 152 Å². The Bertz CT molecular complexity index is 716. The van der Waals surface area contributed by atoms with Crippen LogP contribution in [0.4, 0.5) is 0 Å². The van der Waals surface area contributed by atoms with Crippen molar-refractivity contribution < 1.29 is 14.3 Å². The molecule has 7 heteroatoms. The molecule has 1 aliphatic heterocycles. The van der Waals surface area contributed by atoms with Gasteiger partial charge in [0, 0.05) is 31.5 Å². The van der Waals surface area contributed by atoms with Gasteiger partial charge in [-0.3, -0.25) is 14.6 Å². The zero-order valence-corrected chi connectivity index (χ0v) is 14.5. The zero-order valence-electron chi connectivity index (χ0n) is 14.5. The molecule has 1 N–H and O–H groups in total. The third-order valence-electron chi connectivity index (χ3n) is 4.31. The number of ether oxygens (including phenoxy) is 1. The molecule has 0 spiro atoms. The van der Waals surface area contributed by atoms with E-state index in [0.717, 1.165) is 18.6 Å². The van der Waals surface area contributed by atoms with E-state index in [0.29, 0.717) is 31.8 Å². The molecule has 1 aromatic heterocycles. The lowest BCUT2D eigenvalue weighted by Gasteiger charge is -2.32. The van der Waals surface area contributed by atoms with Gasteiger partial charge in [-0.2, -0.15) is 0 Å². The van der Waals surface area contributed by atoms with Crippen molar-refractivity contribution in [1.82, 2.24) is 20.2 Å². The first-order valence-electron chi connectivity index (χ1n) is 8.75. The molecule has 2 amide bonds. The van der Waals surface area contributed by atoms with E-state index >= 15 is 0 Å². The van der Waals surface area contributed by atoms with Gasteiger partial charge in [-0.1, -0.05) is 18.2 Å². The first-order chi connectivity index (χ1) is 12.7. The quantitative estimate of drug-likeness (QED) is 0.853. The smallest absolute Gasteiger partial charge is 0.271 e. The maximum absolute atomic E-state index is 12.3. The second-order valence-electron chi connectivity index (χ2n) is 6.13. The molecule has 2 aromatic rings. The predicted octanol–water partition coefficient (Wildman–Crippen LogP) is 1.67. The van der Waals surface area contributed by atoms with Crippen molar-refractivity contribution in [2.24, 2.45) is 0 Å². The molecule has 0 atom stereocenters. The molecule has 1 saturated heterocycles. The molecule has 1 aliphatic rings. The number of rotatable bonds is 6. The Morgan fingerprint density at radius 2 is 1.92 bits per heavy atom. The number of carbonyl (C=O) groups is 2. The van der Waals surface area contributed by atoms with Crippen LogP contribution in [0.1, 0.15) is 29.8 Å². The topological polar surface area (TPSA) is 84.4 Å². The summed E-state index contributed by atoms with van der Waals surface area (Å²) in [6, 6.07) is 9.51. The minimum Gasteiger partial charge on any atom is -0.493 e. The Morgan fingerprint density at radius 3 is 2.62 bits per heavy atom. The highest BCUT2D eigenvalue weighted by atomic mass is 16.5. The summed E-state index contributed by atoms with van der Waals surface area (Å²) in [7, 11) is 0. The number of nitrogens with one attached hydrogen (secondary N) is 1. The van der Waals surface area contributed by atoms with Crippen LogP contribution in [0.15, 0.2) is 48.9 Å². The van der Waals surface area contributed by atoms with Crippen LogP contribution < -0.4 is 10.1 Å². The van der Waals surface area contributed by atoms with Crippen LogP contribution in [0.2, 0.25) is 0 Å². The van der Waals surface area contributed by atoms with Gasteiger partial charge in [0.05, 0.1) is 19.2 Å². The van der Waals surface area contributed by atoms with Gasteiger partial charge in [-0.15, -0.1) is 0 Å². The highest BCUT2D eigenvalue weighted by Gasteiger charge is 2.24. The fourth-order valence-corrected chi connectivity index (χ4v) is 2.88. The Morgan fingerprint density at radius 1 is 1.15 bits per heavy atom. The number of amides is 2. The van der Waals surface area contributed by atoms with Crippen LogP contribution in [-0.4, -0.2) is 52.4 Å². The predicted molar refractivity (Wildman–Crippen MR) is 95.7 cm³/mol. The highest BCUT2D eigenvalue weighted by Crippen LogP contribution is 2.13. The second kappa shape index (κ2) is 8.94. The number of hydrogen-bond acceptors (Lipinski definition) is 5. The number of nitrogens with zero attached hydrogens (tertiary/aromatic N) is 3. The van der Waals surface area contributed by atoms with Crippen molar-refractivity contribution in [1.29, 1.82) is 0 Å². The first kappa shape index (κ1) is 17.8. The average molecular weight is 354 g/mol. The fraction of sp³-hybridized carbons (Fsp3) is 0.368. The van der Waals surface area contributed by atoms with E-state index in [2.05, 4.69) is 15.3 Å². The van der Waals surface area contributed by atoms with Gasteiger partial charge in [0.25, 0.3) is 5.91 Å². The van der Waals surface area contributed by atoms with Crippen LogP contribution in [0.25, 0.3) is 0 Å². The molecule has 3 rings (SSSR count). The number of piperidine rings is 1. The molecular formula is C19H22N4O3. The van der Waals surface area contributed by atoms with Gasteiger partial charge in [0.15, 0.2) is 0 Å². The van der Waals surface area contributed by atoms with Crippen molar-refractivity contribution in [3.05, 3.63) is 54.6 Å². The van der Waals surface area contributed by atoms with Crippen molar-refractivity contribution in [2.75, 3.05) is 19.7 Å². The SMILES string of the molecule is O=C(NC1CCN(C(=O)CCOc2ccccc2)CC1)c1cnccn1. The Hall–Kier alpha value is -2.96. The number of para-hydroxylation sites is 1. The van der Waals surface area contributed by atoms with Crippen molar-refractivity contribution in [2.45, 2.75) is 25.3 Å². The summed E-state index contributed by atoms with van der Waals surface area (Å²) in [5.41, 5.74) is 0.309. The minimum absolute atomic E-state index is 0.0501. The molecular weight excluding hydrogens is 332 g/mol. The normalized spacial score (nSPS) is 14.7. The minimum atomic E-state index is -0.223. The molecule has 1 fully saturated rings. The maximum atomic E-state index is 12.3. The molecule has 0 unspecified atom stereocenters. The summed E-state index contributed by atoms with van der Waals surface area (Å²) in [4.78, 5) is 34.1. The van der Waals surface area contributed by atoms with E-state index in [1.807, 2.05) is 35.2 Å². The Kier molecular flexibility index (Phi) is 6.14. The van der Waals surface area contributed by atoms with E-state index in [1.165, 1.54) is 18.6 Å². The van der Waals surface area contributed by atoms with Gasteiger partial charge in [0.1, 0.15) is 11.4 Å². The zero-order chi connectivity index (χ0) is 18.2. The van der Waals surface area contributed by atoms with Crippen LogP contribution >= 0.6 is 0 Å². The van der Waals surface area contributed by atoms with Crippen molar-refractivity contribution >= 4 is 11.8 Å². The summed E-state index contributed by atoms with van der Waals surface area (Å²) in [6.07, 6.45) is 6.29. The van der Waals surface area contributed by atoms with Crippen molar-refractivity contribution in [3.63, 3.8) is 0 Å². The summed E-state index contributed by atoms with van der Waals surface area (Å²) in [6.45, 7) is 1.64.